The highest BCUT2D eigenvalue weighted by Gasteiger charge is 2.23. The average Bonchev–Trinajstić information content (AvgIpc) is 2.61. The van der Waals surface area contributed by atoms with E-state index in [0.29, 0.717) is 5.56 Å². The maximum Gasteiger partial charge on any atom is 0.340 e. The molecule has 148 valence electrons. The van der Waals surface area contributed by atoms with Crippen LogP contribution in [0, 0.1) is 0 Å². The molecule has 0 aliphatic carbocycles. The van der Waals surface area contributed by atoms with E-state index in [1.165, 1.54) is 26.0 Å². The molecule has 2 rings (SSSR count). The SMILES string of the molecule is CC(=O)c1ccccc1NC(=O)C(C)OC(=O)c1cc(S(N)(=O)=O)ccc1Cl. The average molecular weight is 425 g/mol. The molecule has 0 bridgehead atoms. The van der Waals surface area contributed by atoms with Crippen molar-refractivity contribution in [2.24, 2.45) is 5.14 Å². The zero-order chi connectivity index (χ0) is 21.1. The number of ether oxygens (including phenoxy) is 1. The number of halogens is 1. The second-order valence-electron chi connectivity index (χ2n) is 5.83. The lowest BCUT2D eigenvalue weighted by atomic mass is 10.1. The molecule has 0 spiro atoms. The largest absolute Gasteiger partial charge is 0.449 e. The molecule has 3 N–H and O–H groups in total. The van der Waals surface area contributed by atoms with Gasteiger partial charge < -0.3 is 10.1 Å². The number of para-hydroxylation sites is 1. The van der Waals surface area contributed by atoms with Crippen LogP contribution < -0.4 is 10.5 Å². The molecule has 2 aromatic rings. The Bertz CT molecular complexity index is 1050. The molecule has 1 atom stereocenters. The number of nitrogens with two attached hydrogens (primary N) is 1. The monoisotopic (exact) mass is 424 g/mol. The smallest absolute Gasteiger partial charge is 0.340 e. The Labute approximate surface area is 166 Å². The van der Waals surface area contributed by atoms with Gasteiger partial charge >= 0.3 is 5.97 Å². The summed E-state index contributed by atoms with van der Waals surface area (Å²) in [4.78, 5) is 35.9. The number of nitrogens with one attached hydrogen (secondary N) is 1. The molecule has 0 saturated carbocycles. The minimum absolute atomic E-state index is 0.0630. The lowest BCUT2D eigenvalue weighted by Crippen LogP contribution is -2.30. The van der Waals surface area contributed by atoms with Crippen molar-refractivity contribution in [3.8, 4) is 0 Å². The van der Waals surface area contributed by atoms with Gasteiger partial charge in [-0.1, -0.05) is 23.7 Å². The zero-order valence-corrected chi connectivity index (χ0v) is 16.5. The van der Waals surface area contributed by atoms with E-state index in [-0.39, 0.29) is 27.0 Å². The first-order valence-corrected chi connectivity index (χ1v) is 9.87. The number of benzene rings is 2. The van der Waals surface area contributed by atoms with Crippen molar-refractivity contribution >= 4 is 45.0 Å². The fourth-order valence-electron chi connectivity index (χ4n) is 2.25. The molecule has 0 saturated heterocycles. The van der Waals surface area contributed by atoms with Crippen molar-refractivity contribution in [2.45, 2.75) is 24.8 Å². The van der Waals surface area contributed by atoms with Crippen LogP contribution in [-0.4, -0.2) is 32.2 Å². The summed E-state index contributed by atoms with van der Waals surface area (Å²) in [6, 6.07) is 9.67. The van der Waals surface area contributed by atoms with Crippen molar-refractivity contribution in [1.82, 2.24) is 0 Å². The predicted octanol–water partition coefficient (Wildman–Crippen LogP) is 2.37. The van der Waals surface area contributed by atoms with Crippen LogP contribution in [0.4, 0.5) is 5.69 Å². The summed E-state index contributed by atoms with van der Waals surface area (Å²) in [5, 5.41) is 7.49. The number of sulfonamides is 1. The minimum atomic E-state index is -4.05. The van der Waals surface area contributed by atoms with Crippen LogP contribution in [0.3, 0.4) is 0 Å². The summed E-state index contributed by atoms with van der Waals surface area (Å²) >= 11 is 5.92. The first-order chi connectivity index (χ1) is 13.0. The molecule has 28 heavy (non-hydrogen) atoms. The maximum atomic E-state index is 12.3. The molecule has 2 aromatic carbocycles. The molecule has 0 radical (unpaired) electrons. The highest BCUT2D eigenvalue weighted by molar-refractivity contribution is 7.89. The summed E-state index contributed by atoms with van der Waals surface area (Å²) in [7, 11) is -4.05. The third-order valence-electron chi connectivity index (χ3n) is 3.70. The van der Waals surface area contributed by atoms with Gasteiger partial charge in [0.2, 0.25) is 10.0 Å². The van der Waals surface area contributed by atoms with Gasteiger partial charge in [0.15, 0.2) is 11.9 Å². The Kier molecular flexibility index (Phi) is 6.55. The Morgan fingerprint density at radius 3 is 2.36 bits per heavy atom. The molecule has 0 aromatic heterocycles. The quantitative estimate of drug-likeness (QED) is 0.540. The highest BCUT2D eigenvalue weighted by atomic mass is 35.5. The number of hydrogen-bond donors (Lipinski definition) is 2. The summed E-state index contributed by atoms with van der Waals surface area (Å²) in [6.45, 7) is 2.68. The number of esters is 1. The number of carbonyl (C=O) groups excluding carboxylic acids is 3. The maximum absolute atomic E-state index is 12.3. The van der Waals surface area contributed by atoms with Crippen LogP contribution in [0.15, 0.2) is 47.4 Å². The molecule has 0 heterocycles. The summed E-state index contributed by atoms with van der Waals surface area (Å²) in [5.41, 5.74) is 0.326. The fraction of sp³-hybridized carbons (Fsp3) is 0.167. The third kappa shape index (κ3) is 5.16. The molecule has 0 fully saturated rings. The van der Waals surface area contributed by atoms with Crippen LogP contribution in [-0.2, 0) is 19.6 Å². The van der Waals surface area contributed by atoms with E-state index in [1.807, 2.05) is 0 Å². The van der Waals surface area contributed by atoms with Gasteiger partial charge in [-0.15, -0.1) is 0 Å². The molecule has 0 aliphatic rings. The van der Waals surface area contributed by atoms with E-state index in [4.69, 9.17) is 21.5 Å². The van der Waals surface area contributed by atoms with Crippen molar-refractivity contribution in [3.63, 3.8) is 0 Å². The van der Waals surface area contributed by atoms with Crippen LogP contribution in [0.5, 0.6) is 0 Å². The molecular formula is C18H17ClN2O6S. The standard InChI is InChI=1S/C18H17ClN2O6S/c1-10(22)13-5-3-4-6-16(13)21-17(23)11(2)27-18(24)14-9-12(28(20,25)26)7-8-15(14)19/h3-9,11H,1-2H3,(H,21,23)(H2,20,25,26). The van der Waals surface area contributed by atoms with E-state index in [1.54, 1.807) is 18.2 Å². The van der Waals surface area contributed by atoms with Gasteiger partial charge in [0, 0.05) is 5.56 Å². The molecule has 0 aliphatic heterocycles. The van der Waals surface area contributed by atoms with Gasteiger partial charge in [0.25, 0.3) is 5.91 Å². The Balaban J connectivity index is 2.17. The van der Waals surface area contributed by atoms with Crippen molar-refractivity contribution in [1.29, 1.82) is 0 Å². The molecule has 8 nitrogen and oxygen atoms in total. The molecule has 10 heteroatoms. The van der Waals surface area contributed by atoms with Crippen LogP contribution in [0.1, 0.15) is 34.6 Å². The second kappa shape index (κ2) is 8.51. The van der Waals surface area contributed by atoms with E-state index in [9.17, 15) is 22.8 Å². The Morgan fingerprint density at radius 1 is 1.11 bits per heavy atom. The summed E-state index contributed by atoms with van der Waals surface area (Å²) in [6.07, 6.45) is -1.25. The molecule has 1 amide bonds. The van der Waals surface area contributed by atoms with Crippen LogP contribution >= 0.6 is 11.6 Å². The van der Waals surface area contributed by atoms with E-state index in [2.05, 4.69) is 5.32 Å². The van der Waals surface area contributed by atoms with Gasteiger partial charge in [-0.3, -0.25) is 9.59 Å². The number of hydrogen-bond acceptors (Lipinski definition) is 6. The van der Waals surface area contributed by atoms with Gasteiger partial charge in [-0.25, -0.2) is 18.4 Å². The van der Waals surface area contributed by atoms with Crippen LogP contribution in [0.2, 0.25) is 5.02 Å². The summed E-state index contributed by atoms with van der Waals surface area (Å²) < 4.78 is 27.9. The summed E-state index contributed by atoms with van der Waals surface area (Å²) in [5.74, 6) is -1.93. The van der Waals surface area contributed by atoms with E-state index >= 15 is 0 Å². The zero-order valence-electron chi connectivity index (χ0n) is 14.9. The lowest BCUT2D eigenvalue weighted by Gasteiger charge is -2.15. The number of rotatable bonds is 6. The first kappa shape index (κ1) is 21.5. The number of amides is 1. The topological polar surface area (TPSA) is 133 Å². The van der Waals surface area contributed by atoms with Crippen molar-refractivity contribution < 1.29 is 27.5 Å². The third-order valence-corrected chi connectivity index (χ3v) is 4.94. The van der Waals surface area contributed by atoms with Gasteiger partial charge in [-0.2, -0.15) is 0 Å². The number of ketones is 1. The predicted molar refractivity (Wildman–Crippen MR) is 103 cm³/mol. The lowest BCUT2D eigenvalue weighted by molar-refractivity contribution is -0.123. The normalized spacial score (nSPS) is 12.1. The van der Waals surface area contributed by atoms with Gasteiger partial charge in [-0.05, 0) is 44.2 Å². The fourth-order valence-corrected chi connectivity index (χ4v) is 2.98. The van der Waals surface area contributed by atoms with E-state index < -0.39 is 28.0 Å². The molecular weight excluding hydrogens is 408 g/mol. The Hall–Kier alpha value is -2.75. The van der Waals surface area contributed by atoms with Gasteiger partial charge in [0.1, 0.15) is 0 Å². The second-order valence-corrected chi connectivity index (χ2v) is 7.79. The number of Topliss-reactive ketones (excluding diaryl/α,β-unsaturated/α-hetero) is 1. The number of carbonyl (C=O) groups is 3. The van der Waals surface area contributed by atoms with Crippen LogP contribution in [0.25, 0.3) is 0 Å². The number of anilines is 1. The van der Waals surface area contributed by atoms with Crippen molar-refractivity contribution in [2.75, 3.05) is 5.32 Å². The molecule has 1 unspecified atom stereocenters. The van der Waals surface area contributed by atoms with E-state index in [0.717, 1.165) is 12.1 Å². The Morgan fingerprint density at radius 2 is 1.75 bits per heavy atom. The van der Waals surface area contributed by atoms with Gasteiger partial charge in [0.05, 0.1) is 21.2 Å². The van der Waals surface area contributed by atoms with Crippen molar-refractivity contribution in [3.05, 3.63) is 58.6 Å². The minimum Gasteiger partial charge on any atom is -0.449 e. The highest BCUT2D eigenvalue weighted by Crippen LogP contribution is 2.22. The number of primary sulfonamides is 1. The first-order valence-electron chi connectivity index (χ1n) is 7.95.